The van der Waals surface area contributed by atoms with Gasteiger partial charge in [0, 0.05) is 0 Å². The molecule has 0 spiro atoms. The van der Waals surface area contributed by atoms with Crippen LogP contribution >= 0.6 is 7.26 Å². The Hall–Kier alpha value is 0.430. The van der Waals surface area contributed by atoms with Gasteiger partial charge in [0.15, 0.2) is 0 Å². The van der Waals surface area contributed by atoms with E-state index in [0.717, 1.165) is 0 Å². The van der Waals surface area contributed by atoms with Crippen molar-refractivity contribution in [3.63, 3.8) is 0 Å². The molecule has 0 bridgehead atoms. The van der Waals surface area contributed by atoms with Crippen molar-refractivity contribution in [1.82, 2.24) is 0 Å². The van der Waals surface area contributed by atoms with Gasteiger partial charge in [-0.3, -0.25) is 0 Å². The van der Waals surface area contributed by atoms with E-state index in [0.29, 0.717) is 0 Å². The van der Waals surface area contributed by atoms with Crippen LogP contribution in [0.1, 0.15) is 182 Å². The molecule has 0 aliphatic carbocycles. The van der Waals surface area contributed by atoms with Gasteiger partial charge in [-0.1, -0.05) is 13.3 Å². The van der Waals surface area contributed by atoms with Crippen LogP contribution in [-0.2, 0) is 0 Å². The zero-order chi connectivity index (χ0) is 24.3. The van der Waals surface area contributed by atoms with Gasteiger partial charge < -0.3 is 0 Å². The van der Waals surface area contributed by atoms with Crippen molar-refractivity contribution < 1.29 is 0 Å². The molecule has 202 valence electrons. The zero-order valence-corrected chi connectivity index (χ0v) is 25.3. The van der Waals surface area contributed by atoms with E-state index < -0.39 is 7.26 Å². The summed E-state index contributed by atoms with van der Waals surface area (Å²) in [7, 11) is -1.04. The van der Waals surface area contributed by atoms with Gasteiger partial charge in [0.1, 0.15) is 0 Å². The normalized spacial score (nSPS) is 12.5. The summed E-state index contributed by atoms with van der Waals surface area (Å²) in [4.78, 5) is 0. The number of hydrogen-bond donors (Lipinski definition) is 0. The summed E-state index contributed by atoms with van der Waals surface area (Å²) < 4.78 is 0. The fraction of sp³-hybridized carbons (Fsp3) is 1.00. The summed E-state index contributed by atoms with van der Waals surface area (Å²) in [6.07, 6.45) is 42.3. The molecule has 0 aromatic heterocycles. The van der Waals surface area contributed by atoms with Crippen LogP contribution in [0.4, 0.5) is 0 Å². The van der Waals surface area contributed by atoms with Crippen molar-refractivity contribution in [2.75, 3.05) is 24.6 Å². The number of unbranched alkanes of at least 4 members (excludes halogenated alkanes) is 20. The van der Waals surface area contributed by atoms with E-state index in [1.807, 2.05) is 0 Å². The van der Waals surface area contributed by atoms with E-state index in [9.17, 15) is 0 Å². The van der Waals surface area contributed by atoms with E-state index in [4.69, 9.17) is 0 Å². The Morgan fingerprint density at radius 2 is 0.424 bits per heavy atom. The molecule has 0 saturated heterocycles. The molecule has 33 heavy (non-hydrogen) atoms. The molecule has 0 fully saturated rings. The fourth-order valence-corrected chi connectivity index (χ4v) is 11.4. The standard InChI is InChI=1S/C32H69P/c1-5-9-13-17-18-19-20-21-22-23-24-28-32-33(29-25-14-10-6-2,30-26-15-11-7-3)31-27-16-12-8-4/h33H,5-32H2,1-4H3. The summed E-state index contributed by atoms with van der Waals surface area (Å²) in [5, 5.41) is 0. The van der Waals surface area contributed by atoms with Crippen LogP contribution in [0, 0.1) is 0 Å². The zero-order valence-electron chi connectivity index (χ0n) is 24.3. The van der Waals surface area contributed by atoms with Crippen molar-refractivity contribution in [3.8, 4) is 0 Å². The van der Waals surface area contributed by atoms with Gasteiger partial charge in [-0.25, -0.2) is 0 Å². The average Bonchev–Trinajstić information content (AvgIpc) is 2.83. The second-order valence-electron chi connectivity index (χ2n) is 11.6. The van der Waals surface area contributed by atoms with Crippen molar-refractivity contribution in [2.45, 2.75) is 182 Å². The molecule has 1 heteroatoms. The minimum absolute atomic E-state index is 1.04. The first kappa shape index (κ1) is 33.4. The Morgan fingerprint density at radius 1 is 0.242 bits per heavy atom. The van der Waals surface area contributed by atoms with Gasteiger partial charge in [-0.2, -0.15) is 0 Å². The monoisotopic (exact) mass is 485 g/mol. The molecule has 0 N–H and O–H groups in total. The first-order chi connectivity index (χ1) is 16.2. The van der Waals surface area contributed by atoms with Crippen molar-refractivity contribution in [2.24, 2.45) is 0 Å². The Bertz CT molecular complexity index is 319. The summed E-state index contributed by atoms with van der Waals surface area (Å²) in [5.74, 6) is 0. The summed E-state index contributed by atoms with van der Waals surface area (Å²) in [5.41, 5.74) is 0. The minimum atomic E-state index is -1.04. The van der Waals surface area contributed by atoms with E-state index in [-0.39, 0.29) is 0 Å². The van der Waals surface area contributed by atoms with Crippen LogP contribution in [0.15, 0.2) is 0 Å². The predicted octanol–water partition coefficient (Wildman–Crippen LogP) is 12.2. The Morgan fingerprint density at radius 3 is 0.667 bits per heavy atom. The van der Waals surface area contributed by atoms with Crippen LogP contribution in [0.2, 0.25) is 0 Å². The van der Waals surface area contributed by atoms with Crippen LogP contribution in [0.3, 0.4) is 0 Å². The first-order valence-electron chi connectivity index (χ1n) is 16.2. The van der Waals surface area contributed by atoms with Gasteiger partial charge in [0.2, 0.25) is 0 Å². The van der Waals surface area contributed by atoms with Gasteiger partial charge >= 0.3 is 200 Å². The van der Waals surface area contributed by atoms with Gasteiger partial charge in [-0.15, -0.1) is 0 Å². The molecular weight excluding hydrogens is 415 g/mol. The summed E-state index contributed by atoms with van der Waals surface area (Å²) in [6.45, 7) is 9.42. The molecule has 0 rings (SSSR count). The third kappa shape index (κ3) is 22.6. The Balaban J connectivity index is 4.34. The van der Waals surface area contributed by atoms with Crippen LogP contribution < -0.4 is 0 Å². The fourth-order valence-electron chi connectivity index (χ4n) is 5.87. The maximum atomic E-state index is 2.37. The third-order valence-corrected chi connectivity index (χ3v) is 13.9. The molecule has 0 radical (unpaired) electrons. The molecular formula is C32H69P. The first-order valence-corrected chi connectivity index (χ1v) is 19.1. The summed E-state index contributed by atoms with van der Waals surface area (Å²) >= 11 is 0. The van der Waals surface area contributed by atoms with E-state index in [1.165, 1.54) is 128 Å². The van der Waals surface area contributed by atoms with Gasteiger partial charge in [0.25, 0.3) is 0 Å². The average molecular weight is 485 g/mol. The molecule has 0 aromatic carbocycles. The molecule has 0 unspecified atom stereocenters. The van der Waals surface area contributed by atoms with Crippen molar-refractivity contribution in [3.05, 3.63) is 0 Å². The SMILES string of the molecule is CCCCCCCCCCCCCC[PH](CCCCCC)(CCCCCC)CCCCCC. The maximum absolute atomic E-state index is 2.37. The summed E-state index contributed by atoms with van der Waals surface area (Å²) in [6, 6.07) is 0. The molecule has 0 saturated carbocycles. The molecule has 0 nitrogen and oxygen atoms in total. The molecule has 0 aromatic rings. The molecule has 0 aliphatic heterocycles. The van der Waals surface area contributed by atoms with E-state index >= 15 is 0 Å². The quantitative estimate of drug-likeness (QED) is 0.0764. The number of hydrogen-bond acceptors (Lipinski definition) is 0. The van der Waals surface area contributed by atoms with E-state index in [1.54, 1.807) is 50.3 Å². The van der Waals surface area contributed by atoms with Crippen molar-refractivity contribution >= 4 is 7.26 Å². The van der Waals surface area contributed by atoms with Crippen LogP contribution in [0.25, 0.3) is 0 Å². The van der Waals surface area contributed by atoms with Gasteiger partial charge in [0.05, 0.1) is 0 Å². The topological polar surface area (TPSA) is 0 Å². The van der Waals surface area contributed by atoms with E-state index in [2.05, 4.69) is 27.7 Å². The Labute approximate surface area is 213 Å². The second-order valence-corrected chi connectivity index (χ2v) is 16.6. The molecule has 0 amide bonds. The van der Waals surface area contributed by atoms with Gasteiger partial charge in [-0.05, 0) is 0 Å². The second kappa shape index (κ2) is 27.0. The molecule has 0 aliphatic rings. The predicted molar refractivity (Wildman–Crippen MR) is 161 cm³/mol. The third-order valence-electron chi connectivity index (χ3n) is 8.24. The van der Waals surface area contributed by atoms with Crippen LogP contribution in [0.5, 0.6) is 0 Å². The molecule has 0 atom stereocenters. The number of rotatable bonds is 28. The van der Waals surface area contributed by atoms with Crippen LogP contribution in [-0.4, -0.2) is 24.6 Å². The van der Waals surface area contributed by atoms with Crippen molar-refractivity contribution in [1.29, 1.82) is 0 Å². The Kier molecular flexibility index (Phi) is 27.4. The molecule has 0 heterocycles.